The number of carbonyl (C=O) groups is 1. The van der Waals surface area contributed by atoms with Crippen molar-refractivity contribution in [3.8, 4) is 0 Å². The van der Waals surface area contributed by atoms with Crippen molar-refractivity contribution in [3.63, 3.8) is 0 Å². The number of nitrogens with zero attached hydrogens (tertiary/aromatic N) is 3. The van der Waals surface area contributed by atoms with E-state index >= 15 is 0 Å². The van der Waals surface area contributed by atoms with E-state index in [0.717, 1.165) is 55.1 Å². The predicted octanol–water partition coefficient (Wildman–Crippen LogP) is 2.51. The van der Waals surface area contributed by atoms with Gasteiger partial charge in [0.15, 0.2) is 11.3 Å². The van der Waals surface area contributed by atoms with Gasteiger partial charge in [0, 0.05) is 33.0 Å². The molecule has 0 aliphatic carbocycles. The van der Waals surface area contributed by atoms with Gasteiger partial charge in [-0.2, -0.15) is 0 Å². The molecule has 5 rings (SSSR count). The Morgan fingerprint density at radius 2 is 2.06 bits per heavy atom. The van der Waals surface area contributed by atoms with Gasteiger partial charge in [0.2, 0.25) is 0 Å². The van der Waals surface area contributed by atoms with Crippen LogP contribution in [0.1, 0.15) is 28.1 Å². The molecule has 0 spiro atoms. The summed E-state index contributed by atoms with van der Waals surface area (Å²) in [4.78, 5) is 20.7. The van der Waals surface area contributed by atoms with Crippen molar-refractivity contribution < 1.29 is 19.0 Å². The zero-order valence-corrected chi connectivity index (χ0v) is 18.5. The number of amides is 1. The summed E-state index contributed by atoms with van der Waals surface area (Å²) in [5, 5.41) is 3.57. The van der Waals surface area contributed by atoms with E-state index in [4.69, 9.17) is 19.2 Å². The zero-order chi connectivity index (χ0) is 21.2. The second kappa shape index (κ2) is 9.22. The van der Waals surface area contributed by atoms with Crippen LogP contribution in [0.15, 0.2) is 24.4 Å². The third kappa shape index (κ3) is 4.61. The predicted molar refractivity (Wildman–Crippen MR) is 118 cm³/mol. The highest BCUT2D eigenvalue weighted by Crippen LogP contribution is 2.25. The number of likely N-dealkylation sites (N-methyl/N-ethyl adjacent to an activating group) is 1. The molecule has 2 saturated heterocycles. The summed E-state index contributed by atoms with van der Waals surface area (Å²) in [7, 11) is 1.77. The average Bonchev–Trinajstić information content (AvgIpc) is 3.50. The Hall–Kier alpha value is -2.04. The Bertz CT molecular complexity index is 1050. The van der Waals surface area contributed by atoms with Crippen LogP contribution in [0.2, 0.25) is 0 Å². The molecule has 9 heteroatoms. The summed E-state index contributed by atoms with van der Waals surface area (Å²) in [6.07, 6.45) is 3.83. The first-order valence-electron chi connectivity index (χ1n) is 10.8. The number of imidazole rings is 1. The molecule has 3 aromatic rings. The number of aromatic nitrogens is 2. The van der Waals surface area contributed by atoms with Gasteiger partial charge >= 0.3 is 0 Å². The number of fused-ring (bicyclic) bond motifs is 3. The molecule has 0 radical (unpaired) electrons. The lowest BCUT2D eigenvalue weighted by Crippen LogP contribution is -2.34. The van der Waals surface area contributed by atoms with Crippen molar-refractivity contribution in [2.45, 2.75) is 25.7 Å². The van der Waals surface area contributed by atoms with Gasteiger partial charge in [0.1, 0.15) is 4.88 Å². The lowest BCUT2D eigenvalue weighted by molar-refractivity contribution is -0.0542. The molecule has 166 valence electrons. The first-order valence-corrected chi connectivity index (χ1v) is 11.7. The largest absolute Gasteiger partial charge is 0.381 e. The van der Waals surface area contributed by atoms with E-state index in [1.165, 1.54) is 16.9 Å². The van der Waals surface area contributed by atoms with Crippen LogP contribution < -0.4 is 5.32 Å². The molecule has 2 aliphatic rings. The van der Waals surface area contributed by atoms with Gasteiger partial charge in [0.05, 0.1) is 30.8 Å². The van der Waals surface area contributed by atoms with Crippen molar-refractivity contribution >= 4 is 33.2 Å². The highest BCUT2D eigenvalue weighted by molar-refractivity contribution is 7.18. The minimum atomic E-state index is -0.336. The maximum Gasteiger partial charge on any atom is 0.265 e. The van der Waals surface area contributed by atoms with Crippen molar-refractivity contribution in [1.29, 1.82) is 0 Å². The fraction of sp³-hybridized carbons (Fsp3) is 0.545. The molecule has 1 amide bonds. The van der Waals surface area contributed by atoms with Crippen LogP contribution in [0.5, 0.6) is 0 Å². The van der Waals surface area contributed by atoms with Crippen LogP contribution in [0.25, 0.3) is 16.0 Å². The number of benzene rings is 1. The average molecular weight is 445 g/mol. The second-order valence-corrected chi connectivity index (χ2v) is 9.24. The zero-order valence-electron chi connectivity index (χ0n) is 17.7. The van der Waals surface area contributed by atoms with E-state index in [9.17, 15) is 4.79 Å². The van der Waals surface area contributed by atoms with Gasteiger partial charge in [0.25, 0.3) is 5.91 Å². The number of hydrogen-bond donors (Lipinski definition) is 1. The summed E-state index contributed by atoms with van der Waals surface area (Å²) in [5.74, 6) is 0.660. The number of thiazole rings is 1. The van der Waals surface area contributed by atoms with E-state index < -0.39 is 0 Å². The van der Waals surface area contributed by atoms with Crippen LogP contribution in [-0.4, -0.2) is 73.0 Å². The summed E-state index contributed by atoms with van der Waals surface area (Å²) in [5.41, 5.74) is 3.19. The van der Waals surface area contributed by atoms with Crippen LogP contribution >= 0.6 is 11.3 Å². The second-order valence-electron chi connectivity index (χ2n) is 8.23. The van der Waals surface area contributed by atoms with E-state index in [0.29, 0.717) is 30.6 Å². The van der Waals surface area contributed by atoms with Crippen molar-refractivity contribution in [2.24, 2.45) is 5.92 Å². The standard InChI is InChI=1S/C22H28N4O4S/c1-25(14-20-29-8-9-30-20)21(27)19-13-26-18-3-2-16(10-17(18)24-22(26)31-19)12-23-11-15-4-6-28-7-5-15/h2-3,10,13,15,20,23H,4-9,11-12,14H2,1H3. The molecule has 0 bridgehead atoms. The molecule has 2 aromatic heterocycles. The molecular weight excluding hydrogens is 416 g/mol. The van der Waals surface area contributed by atoms with Gasteiger partial charge in [-0.15, -0.1) is 0 Å². The van der Waals surface area contributed by atoms with Crippen molar-refractivity contribution in [1.82, 2.24) is 19.6 Å². The number of ether oxygens (including phenoxy) is 3. The molecule has 1 aromatic carbocycles. The molecule has 8 nitrogen and oxygen atoms in total. The fourth-order valence-electron chi connectivity index (χ4n) is 4.15. The molecule has 1 N–H and O–H groups in total. The Balaban J connectivity index is 1.25. The minimum Gasteiger partial charge on any atom is -0.381 e. The Labute approximate surface area is 185 Å². The maximum atomic E-state index is 12.8. The first kappa shape index (κ1) is 20.8. The van der Waals surface area contributed by atoms with Gasteiger partial charge in [-0.1, -0.05) is 17.4 Å². The van der Waals surface area contributed by atoms with Crippen molar-refractivity contribution in [3.05, 3.63) is 34.8 Å². The summed E-state index contributed by atoms with van der Waals surface area (Å²) >= 11 is 1.41. The first-order chi connectivity index (χ1) is 15.2. The number of hydrogen-bond acceptors (Lipinski definition) is 7. The maximum absolute atomic E-state index is 12.8. The van der Waals surface area contributed by atoms with Crippen LogP contribution in [-0.2, 0) is 20.8 Å². The van der Waals surface area contributed by atoms with Gasteiger partial charge < -0.3 is 24.4 Å². The minimum absolute atomic E-state index is 0.0447. The van der Waals surface area contributed by atoms with Gasteiger partial charge in [-0.25, -0.2) is 4.98 Å². The number of carbonyl (C=O) groups excluding carboxylic acids is 1. The highest BCUT2D eigenvalue weighted by atomic mass is 32.1. The van der Waals surface area contributed by atoms with E-state index in [-0.39, 0.29) is 12.2 Å². The van der Waals surface area contributed by atoms with Crippen LogP contribution in [0.3, 0.4) is 0 Å². The number of nitrogens with one attached hydrogen (secondary N) is 1. The summed E-state index contributed by atoms with van der Waals surface area (Å²) < 4.78 is 18.3. The molecule has 0 atom stereocenters. The monoisotopic (exact) mass is 444 g/mol. The molecule has 0 saturated carbocycles. The molecule has 4 heterocycles. The number of rotatable bonds is 7. The molecule has 31 heavy (non-hydrogen) atoms. The fourth-order valence-corrected chi connectivity index (χ4v) is 5.14. The summed E-state index contributed by atoms with van der Waals surface area (Å²) in [6.45, 7) is 5.20. The van der Waals surface area contributed by atoms with Gasteiger partial charge in [-0.05, 0) is 43.0 Å². The van der Waals surface area contributed by atoms with E-state index in [1.807, 2.05) is 10.6 Å². The van der Waals surface area contributed by atoms with Crippen LogP contribution in [0.4, 0.5) is 0 Å². The molecule has 2 aliphatic heterocycles. The van der Waals surface area contributed by atoms with Gasteiger partial charge in [-0.3, -0.25) is 9.20 Å². The van der Waals surface area contributed by atoms with Crippen LogP contribution in [0, 0.1) is 5.92 Å². The highest BCUT2D eigenvalue weighted by Gasteiger charge is 2.23. The van der Waals surface area contributed by atoms with E-state index in [2.05, 4.69) is 23.5 Å². The lowest BCUT2D eigenvalue weighted by atomic mass is 10.0. The lowest BCUT2D eigenvalue weighted by Gasteiger charge is -2.22. The third-order valence-electron chi connectivity index (χ3n) is 5.94. The Kier molecular flexibility index (Phi) is 6.20. The quantitative estimate of drug-likeness (QED) is 0.603. The third-order valence-corrected chi connectivity index (χ3v) is 6.91. The van der Waals surface area contributed by atoms with E-state index in [1.54, 1.807) is 11.9 Å². The normalized spacial score (nSPS) is 18.4. The smallest absolute Gasteiger partial charge is 0.265 e. The van der Waals surface area contributed by atoms with Crippen molar-refractivity contribution in [2.75, 3.05) is 46.6 Å². The Morgan fingerprint density at radius 3 is 2.87 bits per heavy atom. The molecule has 2 fully saturated rings. The molecule has 0 unspecified atom stereocenters. The molecular formula is C22H28N4O4S. The SMILES string of the molecule is CN(CC1OCCO1)C(=O)c1cn2c(nc3cc(CNCC4CCOCC4)ccc32)s1. The Morgan fingerprint density at radius 1 is 1.26 bits per heavy atom. The summed E-state index contributed by atoms with van der Waals surface area (Å²) in [6, 6.07) is 6.35. The topological polar surface area (TPSA) is 77.3 Å².